The summed E-state index contributed by atoms with van der Waals surface area (Å²) in [6, 6.07) is 14.7. The largest absolute Gasteiger partial charge is 0.497 e. The lowest BCUT2D eigenvalue weighted by atomic mass is 9.84. The highest BCUT2D eigenvalue weighted by atomic mass is 16.5. The van der Waals surface area contributed by atoms with Gasteiger partial charge in [0.2, 0.25) is 5.91 Å². The summed E-state index contributed by atoms with van der Waals surface area (Å²) in [5.74, 6) is 0.345. The average Bonchev–Trinajstić information content (AvgIpc) is 3.45. The molecule has 1 saturated heterocycles. The number of amides is 1. The molecule has 0 spiro atoms. The molecule has 3 atom stereocenters. The number of anilines is 1. The molecule has 0 saturated carbocycles. The van der Waals surface area contributed by atoms with Crippen LogP contribution >= 0.6 is 0 Å². The summed E-state index contributed by atoms with van der Waals surface area (Å²) >= 11 is 0. The molecule has 0 aromatic heterocycles. The van der Waals surface area contributed by atoms with E-state index in [1.165, 1.54) is 16.7 Å². The van der Waals surface area contributed by atoms with E-state index in [9.17, 15) is 14.7 Å². The smallest absolute Gasteiger partial charge is 0.308 e. The summed E-state index contributed by atoms with van der Waals surface area (Å²) < 4.78 is 5.33. The van der Waals surface area contributed by atoms with Gasteiger partial charge in [0.1, 0.15) is 5.75 Å². The Balaban J connectivity index is 1.61. The van der Waals surface area contributed by atoms with Crippen molar-refractivity contribution >= 4 is 17.6 Å². The number of carbonyl (C=O) groups excluding carboxylic acids is 1. The van der Waals surface area contributed by atoms with Gasteiger partial charge < -0.3 is 19.6 Å². The zero-order valence-electron chi connectivity index (χ0n) is 19.8. The number of fused-ring (bicyclic) bond motifs is 1. The molecule has 1 N–H and O–H groups in total. The first-order chi connectivity index (χ1) is 15.9. The number of ether oxygens (including phenoxy) is 1. The first-order valence-corrected chi connectivity index (χ1v) is 11.9. The van der Waals surface area contributed by atoms with Gasteiger partial charge in [0, 0.05) is 44.7 Å². The van der Waals surface area contributed by atoms with Crippen LogP contribution in [-0.4, -0.2) is 55.7 Å². The van der Waals surface area contributed by atoms with Crippen molar-refractivity contribution in [1.29, 1.82) is 0 Å². The van der Waals surface area contributed by atoms with Gasteiger partial charge in [-0.25, -0.2) is 0 Å². The maximum atomic E-state index is 13.0. The Labute approximate surface area is 196 Å². The van der Waals surface area contributed by atoms with E-state index in [0.717, 1.165) is 37.4 Å². The van der Waals surface area contributed by atoms with E-state index in [-0.39, 0.29) is 23.7 Å². The molecule has 1 amide bonds. The standard InChI is InChI=1S/C27H34N2O4/c1-4-12-28(2)26(30)16-25-23-10-7-21(29-13-11-19(17-29)27(31)32)14-20(23)15-24(25)18-5-8-22(33-3)9-6-18/h5-10,14,19,24-25H,4,11-13,15-17H2,1-3H3,(H,31,32). The van der Waals surface area contributed by atoms with Crippen molar-refractivity contribution in [1.82, 2.24) is 4.90 Å². The minimum Gasteiger partial charge on any atom is -0.497 e. The fourth-order valence-corrected chi connectivity index (χ4v) is 5.38. The molecule has 2 aromatic rings. The maximum Gasteiger partial charge on any atom is 0.308 e. The van der Waals surface area contributed by atoms with Crippen LogP contribution in [0.15, 0.2) is 42.5 Å². The van der Waals surface area contributed by atoms with E-state index in [1.54, 1.807) is 7.11 Å². The van der Waals surface area contributed by atoms with Crippen LogP contribution in [0.5, 0.6) is 5.75 Å². The molecular weight excluding hydrogens is 416 g/mol. The van der Waals surface area contributed by atoms with Crippen LogP contribution in [0, 0.1) is 5.92 Å². The molecule has 4 rings (SSSR count). The fraction of sp³-hybridized carbons (Fsp3) is 0.481. The first kappa shape index (κ1) is 23.1. The van der Waals surface area contributed by atoms with Crippen LogP contribution in [-0.2, 0) is 16.0 Å². The van der Waals surface area contributed by atoms with Gasteiger partial charge in [0.05, 0.1) is 13.0 Å². The van der Waals surface area contributed by atoms with Crippen molar-refractivity contribution in [2.75, 3.05) is 38.7 Å². The SMILES string of the molecule is CCCN(C)C(=O)CC1c2ccc(N3CCC(C(=O)O)C3)cc2CC1c1ccc(OC)cc1. The van der Waals surface area contributed by atoms with Crippen LogP contribution in [0.4, 0.5) is 5.69 Å². The lowest BCUT2D eigenvalue weighted by molar-refractivity contribution is -0.141. The van der Waals surface area contributed by atoms with Gasteiger partial charge in [-0.2, -0.15) is 0 Å². The zero-order valence-corrected chi connectivity index (χ0v) is 19.8. The fourth-order valence-electron chi connectivity index (χ4n) is 5.38. The number of nitrogens with zero attached hydrogens (tertiary/aromatic N) is 2. The van der Waals surface area contributed by atoms with Gasteiger partial charge in [-0.15, -0.1) is 0 Å². The highest BCUT2D eigenvalue weighted by Gasteiger charge is 2.36. The van der Waals surface area contributed by atoms with Crippen LogP contribution in [0.2, 0.25) is 0 Å². The van der Waals surface area contributed by atoms with E-state index in [2.05, 4.69) is 42.2 Å². The second-order valence-electron chi connectivity index (χ2n) is 9.36. The van der Waals surface area contributed by atoms with E-state index in [4.69, 9.17) is 4.74 Å². The molecule has 1 aliphatic heterocycles. The highest BCUT2D eigenvalue weighted by Crippen LogP contribution is 2.47. The molecule has 0 radical (unpaired) electrons. The number of carbonyl (C=O) groups is 2. The Morgan fingerprint density at radius 3 is 2.58 bits per heavy atom. The van der Waals surface area contributed by atoms with Crippen LogP contribution in [0.3, 0.4) is 0 Å². The Hall–Kier alpha value is -3.02. The molecule has 176 valence electrons. The minimum absolute atomic E-state index is 0.125. The van der Waals surface area contributed by atoms with Crippen LogP contribution in [0.25, 0.3) is 0 Å². The first-order valence-electron chi connectivity index (χ1n) is 11.9. The van der Waals surface area contributed by atoms with E-state index in [0.29, 0.717) is 19.4 Å². The molecule has 0 bridgehead atoms. The quantitative estimate of drug-likeness (QED) is 0.650. The molecule has 2 aliphatic rings. The third-order valence-electron chi connectivity index (χ3n) is 7.28. The van der Waals surface area contributed by atoms with E-state index < -0.39 is 5.97 Å². The average molecular weight is 451 g/mol. The van der Waals surface area contributed by atoms with E-state index >= 15 is 0 Å². The molecular formula is C27H34N2O4. The number of hydrogen-bond acceptors (Lipinski definition) is 4. The number of hydrogen-bond donors (Lipinski definition) is 1. The minimum atomic E-state index is -0.715. The Morgan fingerprint density at radius 2 is 1.94 bits per heavy atom. The predicted octanol–water partition coefficient (Wildman–Crippen LogP) is 4.29. The second-order valence-corrected chi connectivity index (χ2v) is 9.36. The summed E-state index contributed by atoms with van der Waals surface area (Å²) in [5, 5.41) is 9.36. The number of carboxylic acids is 1. The lowest BCUT2D eigenvalue weighted by Crippen LogP contribution is -2.29. The molecule has 3 unspecified atom stereocenters. The number of rotatable bonds is 8. The summed E-state index contributed by atoms with van der Waals surface area (Å²) in [5.41, 5.74) is 4.81. The number of carboxylic acid groups (broad SMARTS) is 1. The van der Waals surface area contributed by atoms with Crippen LogP contribution < -0.4 is 9.64 Å². The molecule has 2 aromatic carbocycles. The third kappa shape index (κ3) is 4.85. The molecule has 1 heterocycles. The van der Waals surface area contributed by atoms with Crippen molar-refractivity contribution < 1.29 is 19.4 Å². The summed E-state index contributed by atoms with van der Waals surface area (Å²) in [6.45, 7) is 4.18. The van der Waals surface area contributed by atoms with Gasteiger partial charge in [-0.3, -0.25) is 9.59 Å². The van der Waals surface area contributed by atoms with Gasteiger partial charge in [0.25, 0.3) is 0 Å². The molecule has 1 fully saturated rings. The van der Waals surface area contributed by atoms with Crippen molar-refractivity contribution in [3.63, 3.8) is 0 Å². The monoisotopic (exact) mass is 450 g/mol. The zero-order chi connectivity index (χ0) is 23.5. The van der Waals surface area contributed by atoms with Gasteiger partial charge in [-0.1, -0.05) is 25.1 Å². The normalized spacial score (nSPS) is 21.7. The topological polar surface area (TPSA) is 70.1 Å². The molecule has 6 heteroatoms. The Morgan fingerprint density at radius 1 is 1.18 bits per heavy atom. The Bertz CT molecular complexity index is 1000. The van der Waals surface area contributed by atoms with Crippen molar-refractivity contribution in [3.05, 3.63) is 59.2 Å². The van der Waals surface area contributed by atoms with Crippen molar-refractivity contribution in [3.8, 4) is 5.75 Å². The summed E-state index contributed by atoms with van der Waals surface area (Å²) in [7, 11) is 3.56. The van der Waals surface area contributed by atoms with E-state index in [1.807, 2.05) is 24.1 Å². The molecule has 1 aliphatic carbocycles. The predicted molar refractivity (Wildman–Crippen MR) is 129 cm³/mol. The van der Waals surface area contributed by atoms with Gasteiger partial charge in [0.15, 0.2) is 0 Å². The van der Waals surface area contributed by atoms with Crippen LogP contribution in [0.1, 0.15) is 54.7 Å². The second kappa shape index (κ2) is 9.86. The number of methoxy groups -OCH3 is 1. The molecule has 6 nitrogen and oxygen atoms in total. The van der Waals surface area contributed by atoms with Crippen molar-refractivity contribution in [2.24, 2.45) is 5.92 Å². The maximum absolute atomic E-state index is 13.0. The lowest BCUT2D eigenvalue weighted by Gasteiger charge is -2.24. The Kier molecular flexibility index (Phi) is 6.91. The highest BCUT2D eigenvalue weighted by molar-refractivity contribution is 5.77. The number of benzene rings is 2. The van der Waals surface area contributed by atoms with Gasteiger partial charge in [-0.05, 0) is 66.1 Å². The third-order valence-corrected chi connectivity index (χ3v) is 7.28. The summed E-state index contributed by atoms with van der Waals surface area (Å²) in [6.07, 6.45) is 3.00. The summed E-state index contributed by atoms with van der Waals surface area (Å²) in [4.78, 5) is 28.4. The number of aliphatic carboxylic acids is 1. The molecule has 33 heavy (non-hydrogen) atoms. The van der Waals surface area contributed by atoms with Crippen molar-refractivity contribution in [2.45, 2.75) is 44.4 Å². The van der Waals surface area contributed by atoms with Gasteiger partial charge >= 0.3 is 5.97 Å².